The van der Waals surface area contributed by atoms with Crippen molar-refractivity contribution in [2.45, 2.75) is 46.0 Å². The molecule has 1 aliphatic heterocycles. The van der Waals surface area contributed by atoms with Crippen molar-refractivity contribution in [3.8, 4) is 11.1 Å². The van der Waals surface area contributed by atoms with Crippen LogP contribution in [0.15, 0.2) is 59.7 Å². The maximum atomic E-state index is 12.8. The van der Waals surface area contributed by atoms with Crippen LogP contribution in [0.2, 0.25) is 0 Å². The number of halogens is 1. The molecule has 0 radical (unpaired) electrons. The van der Waals surface area contributed by atoms with Crippen LogP contribution >= 0.6 is 11.3 Å². The number of benzene rings is 1. The first-order chi connectivity index (χ1) is 21.9. The summed E-state index contributed by atoms with van der Waals surface area (Å²) < 4.78 is 14.1. The van der Waals surface area contributed by atoms with Crippen LogP contribution in [-0.2, 0) is 24.7 Å². The van der Waals surface area contributed by atoms with Crippen LogP contribution in [0.4, 0.5) is 27.3 Å². The molecule has 10 heteroatoms. The van der Waals surface area contributed by atoms with Gasteiger partial charge in [0.15, 0.2) is 0 Å². The molecule has 0 atom stereocenters. The molecule has 1 aromatic carbocycles. The Bertz CT molecular complexity index is 1620. The lowest BCUT2D eigenvalue weighted by molar-refractivity contribution is -0.105. The summed E-state index contributed by atoms with van der Waals surface area (Å²) in [6.07, 6.45) is 11.1. The molecule has 4 aromatic rings. The van der Waals surface area contributed by atoms with E-state index in [-0.39, 0.29) is 12.2 Å². The Morgan fingerprint density at radius 1 is 1.00 bits per heavy atom. The lowest BCUT2D eigenvalue weighted by atomic mass is 10.00. The minimum absolute atomic E-state index is 0.168. The van der Waals surface area contributed by atoms with Crippen molar-refractivity contribution in [3.05, 3.63) is 86.1 Å². The second-order valence-corrected chi connectivity index (χ2v) is 13.1. The zero-order valence-corrected chi connectivity index (χ0v) is 27.3. The van der Waals surface area contributed by atoms with Gasteiger partial charge < -0.3 is 20.1 Å². The van der Waals surface area contributed by atoms with Crippen LogP contribution in [0.3, 0.4) is 0 Å². The third-order valence-electron chi connectivity index (χ3n) is 8.56. The average molecular weight is 631 g/mol. The van der Waals surface area contributed by atoms with E-state index >= 15 is 0 Å². The number of aryl methyl sites for hydroxylation is 4. The number of aromatic nitrogens is 2. The number of carbonyl (C=O) groups excluding carboxylic acids is 1. The molecular formula is C35H43FN6O2S. The predicted molar refractivity (Wildman–Crippen MR) is 184 cm³/mol. The molecule has 1 saturated heterocycles. The van der Waals surface area contributed by atoms with Crippen molar-refractivity contribution in [1.82, 2.24) is 14.5 Å². The van der Waals surface area contributed by atoms with Gasteiger partial charge in [-0.15, -0.1) is 11.3 Å². The Morgan fingerprint density at radius 3 is 2.53 bits per heavy atom. The molecule has 0 unspecified atom stereocenters. The van der Waals surface area contributed by atoms with Gasteiger partial charge in [-0.05, 0) is 86.6 Å². The van der Waals surface area contributed by atoms with Crippen molar-refractivity contribution in [2.24, 2.45) is 7.05 Å². The molecule has 1 aliphatic carbocycles. The number of nitrogens with zero attached hydrogens (tertiary/aromatic N) is 4. The Hall–Kier alpha value is -4.02. The highest BCUT2D eigenvalue weighted by Crippen LogP contribution is 2.30. The molecule has 0 spiro atoms. The quantitative estimate of drug-likeness (QED) is 0.171. The van der Waals surface area contributed by atoms with Crippen molar-refractivity contribution in [3.63, 3.8) is 0 Å². The van der Waals surface area contributed by atoms with E-state index in [2.05, 4.69) is 38.4 Å². The number of rotatable bonds is 8. The molecule has 1 fully saturated rings. The second-order valence-electron chi connectivity index (χ2n) is 11.7. The number of anilines is 4. The van der Waals surface area contributed by atoms with Crippen molar-refractivity contribution >= 4 is 40.6 Å². The molecular weight excluding hydrogens is 587 g/mol. The number of carbonyl (C=O) groups is 1. The summed E-state index contributed by atoms with van der Waals surface area (Å²) in [6.45, 7) is 7.63. The van der Waals surface area contributed by atoms with Gasteiger partial charge in [0.05, 0.1) is 11.9 Å². The van der Waals surface area contributed by atoms with Gasteiger partial charge in [0.2, 0.25) is 6.41 Å². The van der Waals surface area contributed by atoms with Gasteiger partial charge in [-0.25, -0.2) is 9.37 Å². The normalized spacial score (nSPS) is 15.0. The highest BCUT2D eigenvalue weighted by atomic mass is 32.1. The van der Waals surface area contributed by atoms with Crippen LogP contribution < -0.4 is 21.1 Å². The average Bonchev–Trinajstić information content (AvgIpc) is 3.26. The van der Waals surface area contributed by atoms with Crippen LogP contribution in [0.5, 0.6) is 0 Å². The van der Waals surface area contributed by atoms with Gasteiger partial charge >= 0.3 is 0 Å². The maximum absolute atomic E-state index is 12.8. The number of piperazine rings is 1. The SMILES string of the molecule is Cc1c(NC=O)cccc1-c1cc(Nc2ccc(N3CCN(CCF)CC3)cn2)c(=O)n(C)c1.Cc1cc2c(s1)CCCCC2. The first-order valence-electron chi connectivity index (χ1n) is 15.7. The van der Waals surface area contributed by atoms with Gasteiger partial charge in [0.25, 0.3) is 5.56 Å². The number of amides is 1. The van der Waals surface area contributed by atoms with Crippen LogP contribution in [-0.4, -0.2) is 60.3 Å². The fourth-order valence-corrected chi connectivity index (χ4v) is 7.20. The third kappa shape index (κ3) is 8.18. The number of hydrogen-bond acceptors (Lipinski definition) is 7. The molecule has 8 nitrogen and oxygen atoms in total. The van der Waals surface area contributed by atoms with E-state index in [0.29, 0.717) is 24.5 Å². The number of nitrogens with one attached hydrogen (secondary N) is 2. The zero-order chi connectivity index (χ0) is 31.8. The molecule has 6 rings (SSSR count). The molecule has 2 aliphatic rings. The lowest BCUT2D eigenvalue weighted by Gasteiger charge is -2.35. The van der Waals surface area contributed by atoms with E-state index in [1.165, 1.54) is 41.5 Å². The van der Waals surface area contributed by atoms with Crippen LogP contribution in [0, 0.1) is 13.8 Å². The number of fused-ring (bicyclic) bond motifs is 1. The minimum atomic E-state index is -0.316. The predicted octanol–water partition coefficient (Wildman–Crippen LogP) is 6.48. The minimum Gasteiger partial charge on any atom is -0.368 e. The standard InChI is InChI=1S/C25H29FN6O2.C10H14S/c1-18-21(4-3-5-22(18)28-17-33)19-14-23(25(34)30(2)16-19)29-24-7-6-20(15-27-24)32-12-10-31(9-8-26)11-13-32;1-8-7-9-5-3-2-4-6-10(9)11-8/h3-7,14-17H,8-13H2,1-2H3,(H,27,29)(H,28,33);7H,2-6H2,1H3. The van der Waals surface area contributed by atoms with Gasteiger partial charge in [-0.3, -0.25) is 14.5 Å². The Balaban J connectivity index is 0.000000304. The van der Waals surface area contributed by atoms with Crippen LogP contribution in [0.1, 0.15) is 40.1 Å². The molecule has 2 N–H and O–H groups in total. The first kappa shape index (κ1) is 32.4. The van der Waals surface area contributed by atoms with E-state index in [4.69, 9.17) is 0 Å². The third-order valence-corrected chi connectivity index (χ3v) is 9.71. The first-order valence-corrected chi connectivity index (χ1v) is 16.5. The number of thiophene rings is 1. The lowest BCUT2D eigenvalue weighted by Crippen LogP contribution is -2.47. The fraction of sp³-hybridized carbons (Fsp3) is 0.400. The monoisotopic (exact) mass is 630 g/mol. The van der Waals surface area contributed by atoms with E-state index in [9.17, 15) is 14.0 Å². The highest BCUT2D eigenvalue weighted by molar-refractivity contribution is 7.12. The Kier molecular flexibility index (Phi) is 11.0. The van der Waals surface area contributed by atoms with Gasteiger partial charge in [0.1, 0.15) is 18.2 Å². The van der Waals surface area contributed by atoms with Gasteiger partial charge in [-0.2, -0.15) is 0 Å². The van der Waals surface area contributed by atoms with Crippen LogP contribution in [0.25, 0.3) is 11.1 Å². The summed E-state index contributed by atoms with van der Waals surface area (Å²) in [6, 6.07) is 13.7. The van der Waals surface area contributed by atoms with E-state index in [0.717, 1.165) is 54.2 Å². The molecule has 238 valence electrons. The second kappa shape index (κ2) is 15.3. The largest absolute Gasteiger partial charge is 0.368 e. The summed E-state index contributed by atoms with van der Waals surface area (Å²) in [5, 5.41) is 5.86. The summed E-state index contributed by atoms with van der Waals surface area (Å²) >= 11 is 2.00. The van der Waals surface area contributed by atoms with Gasteiger partial charge in [-0.1, -0.05) is 18.6 Å². The fourth-order valence-electron chi connectivity index (χ4n) is 6.07. The van der Waals surface area contributed by atoms with E-state index in [1.54, 1.807) is 35.9 Å². The van der Waals surface area contributed by atoms with Crippen molar-refractivity contribution < 1.29 is 9.18 Å². The van der Waals surface area contributed by atoms with Crippen molar-refractivity contribution in [1.29, 1.82) is 0 Å². The number of alkyl halides is 1. The van der Waals surface area contributed by atoms with E-state index < -0.39 is 0 Å². The molecule has 0 saturated carbocycles. The van der Waals surface area contributed by atoms with E-state index in [1.807, 2.05) is 48.6 Å². The summed E-state index contributed by atoms with van der Waals surface area (Å²) in [5.41, 5.74) is 6.28. The summed E-state index contributed by atoms with van der Waals surface area (Å²) in [4.78, 5) is 35.7. The summed E-state index contributed by atoms with van der Waals surface area (Å²) in [7, 11) is 1.71. The molecule has 3 aromatic heterocycles. The van der Waals surface area contributed by atoms with Gasteiger partial charge in [0, 0.05) is 67.0 Å². The number of hydrogen-bond donors (Lipinski definition) is 2. The molecule has 0 bridgehead atoms. The topological polar surface area (TPSA) is 82.5 Å². The highest BCUT2D eigenvalue weighted by Gasteiger charge is 2.17. The summed E-state index contributed by atoms with van der Waals surface area (Å²) in [5.74, 6) is 0.571. The molecule has 4 heterocycles. The Morgan fingerprint density at radius 2 is 1.80 bits per heavy atom. The zero-order valence-electron chi connectivity index (χ0n) is 26.4. The molecule has 45 heavy (non-hydrogen) atoms. The van der Waals surface area contributed by atoms with Crippen molar-refractivity contribution in [2.75, 3.05) is 54.9 Å². The number of pyridine rings is 2. The smallest absolute Gasteiger partial charge is 0.274 e. The Labute approximate surface area is 268 Å². The maximum Gasteiger partial charge on any atom is 0.274 e. The molecule has 1 amide bonds.